The third-order valence-corrected chi connectivity index (χ3v) is 5.86. The Hall–Kier alpha value is -1.40. The monoisotopic (exact) mass is 343 g/mol. The van der Waals surface area contributed by atoms with Crippen molar-refractivity contribution in [3.05, 3.63) is 35.5 Å². The number of nitrogens with zero attached hydrogens (tertiary/aromatic N) is 3. The lowest BCUT2D eigenvalue weighted by atomic mass is 10.0. The molecule has 0 bridgehead atoms. The van der Waals surface area contributed by atoms with Gasteiger partial charge in [0.1, 0.15) is 0 Å². The Balaban J connectivity index is 1.52. The van der Waals surface area contributed by atoms with Crippen LogP contribution in [-0.2, 0) is 18.2 Å². The van der Waals surface area contributed by atoms with E-state index in [1.165, 1.54) is 22.2 Å². The van der Waals surface area contributed by atoms with Gasteiger partial charge in [0.15, 0.2) is 0 Å². The SMILES string of the molecule is Cn1c2c(c3ccccc31)CCN(CCN1CCOCC1)CC2CO. The van der Waals surface area contributed by atoms with Gasteiger partial charge in [-0.25, -0.2) is 0 Å². The van der Waals surface area contributed by atoms with Crippen LogP contribution in [0.2, 0.25) is 0 Å². The molecule has 0 saturated carbocycles. The van der Waals surface area contributed by atoms with Gasteiger partial charge in [-0.1, -0.05) is 18.2 Å². The minimum Gasteiger partial charge on any atom is -0.396 e. The van der Waals surface area contributed by atoms with Crippen LogP contribution in [0, 0.1) is 0 Å². The van der Waals surface area contributed by atoms with Gasteiger partial charge in [0.25, 0.3) is 0 Å². The van der Waals surface area contributed by atoms with E-state index in [9.17, 15) is 5.11 Å². The number of ether oxygens (including phenoxy) is 1. The Labute approximate surface area is 149 Å². The number of fused-ring (bicyclic) bond motifs is 3. The number of para-hydroxylation sites is 1. The molecule has 1 aromatic heterocycles. The molecule has 1 aromatic carbocycles. The second kappa shape index (κ2) is 7.46. The first kappa shape index (κ1) is 17.0. The number of aliphatic hydroxyl groups is 1. The molecule has 3 heterocycles. The van der Waals surface area contributed by atoms with E-state index in [-0.39, 0.29) is 12.5 Å². The Morgan fingerprint density at radius 1 is 1.08 bits per heavy atom. The fourth-order valence-corrected chi connectivity index (χ4v) is 4.49. The Morgan fingerprint density at radius 2 is 1.84 bits per heavy atom. The quantitative estimate of drug-likeness (QED) is 0.912. The van der Waals surface area contributed by atoms with Crippen LogP contribution in [0.1, 0.15) is 17.2 Å². The van der Waals surface area contributed by atoms with Crippen LogP contribution in [-0.4, -0.2) is 78.6 Å². The molecule has 2 aliphatic rings. The van der Waals surface area contributed by atoms with Crippen molar-refractivity contribution in [2.75, 3.05) is 59.1 Å². The highest BCUT2D eigenvalue weighted by Gasteiger charge is 2.27. The summed E-state index contributed by atoms with van der Waals surface area (Å²) in [7, 11) is 2.15. The first-order valence-electron chi connectivity index (χ1n) is 9.47. The molecule has 1 unspecified atom stereocenters. The standard InChI is InChI=1S/C20H29N3O2/c1-21-19-5-3-2-4-17(19)18-6-7-23(14-16(15-24)20(18)21)9-8-22-10-12-25-13-11-22/h2-5,16,24H,6-15H2,1H3. The van der Waals surface area contributed by atoms with E-state index in [1.54, 1.807) is 0 Å². The zero-order valence-electron chi connectivity index (χ0n) is 15.2. The summed E-state index contributed by atoms with van der Waals surface area (Å²) in [5.41, 5.74) is 4.05. The third-order valence-electron chi connectivity index (χ3n) is 5.86. The predicted octanol–water partition coefficient (Wildman–Crippen LogP) is 1.44. The second-order valence-corrected chi connectivity index (χ2v) is 7.32. The topological polar surface area (TPSA) is 40.9 Å². The lowest BCUT2D eigenvalue weighted by Gasteiger charge is -2.30. The highest BCUT2D eigenvalue weighted by Crippen LogP contribution is 2.33. The van der Waals surface area contributed by atoms with Crippen molar-refractivity contribution >= 4 is 10.9 Å². The minimum absolute atomic E-state index is 0.194. The number of aliphatic hydroxyl groups excluding tert-OH is 1. The van der Waals surface area contributed by atoms with E-state index >= 15 is 0 Å². The normalized spacial score (nSPS) is 22.9. The Kier molecular flexibility index (Phi) is 5.08. The molecule has 1 N–H and O–H groups in total. The average Bonchev–Trinajstić information content (AvgIpc) is 2.82. The first-order chi connectivity index (χ1) is 12.3. The molecule has 5 heteroatoms. The Morgan fingerprint density at radius 3 is 2.64 bits per heavy atom. The van der Waals surface area contributed by atoms with Gasteiger partial charge < -0.3 is 19.3 Å². The van der Waals surface area contributed by atoms with Gasteiger partial charge in [-0.3, -0.25) is 4.90 Å². The van der Waals surface area contributed by atoms with Crippen molar-refractivity contribution in [1.82, 2.24) is 14.4 Å². The molecular weight excluding hydrogens is 314 g/mol. The van der Waals surface area contributed by atoms with E-state index < -0.39 is 0 Å². The van der Waals surface area contributed by atoms with E-state index in [1.807, 2.05) is 0 Å². The summed E-state index contributed by atoms with van der Waals surface area (Å²) in [5, 5.41) is 11.4. The fraction of sp³-hybridized carbons (Fsp3) is 0.600. The maximum absolute atomic E-state index is 10.1. The van der Waals surface area contributed by atoms with Crippen molar-refractivity contribution in [2.45, 2.75) is 12.3 Å². The molecule has 136 valence electrons. The van der Waals surface area contributed by atoms with Crippen LogP contribution in [0.4, 0.5) is 0 Å². The fourth-order valence-electron chi connectivity index (χ4n) is 4.49. The molecule has 1 saturated heterocycles. The van der Waals surface area contributed by atoms with Gasteiger partial charge in [0.05, 0.1) is 19.8 Å². The summed E-state index contributed by atoms with van der Waals surface area (Å²) in [5.74, 6) is 0.194. The Bertz CT molecular complexity index is 721. The van der Waals surface area contributed by atoms with Crippen molar-refractivity contribution in [2.24, 2.45) is 7.05 Å². The smallest absolute Gasteiger partial charge is 0.0594 e. The molecule has 25 heavy (non-hydrogen) atoms. The average molecular weight is 343 g/mol. The highest BCUT2D eigenvalue weighted by molar-refractivity contribution is 5.86. The number of aromatic nitrogens is 1. The van der Waals surface area contributed by atoms with Gasteiger partial charge >= 0.3 is 0 Å². The third kappa shape index (κ3) is 3.34. The van der Waals surface area contributed by atoms with E-state index in [4.69, 9.17) is 4.74 Å². The summed E-state index contributed by atoms with van der Waals surface area (Å²) in [6.07, 6.45) is 1.07. The molecule has 2 aliphatic heterocycles. The van der Waals surface area contributed by atoms with Crippen molar-refractivity contribution in [1.29, 1.82) is 0 Å². The molecule has 5 nitrogen and oxygen atoms in total. The number of benzene rings is 1. The molecule has 0 radical (unpaired) electrons. The lowest BCUT2D eigenvalue weighted by Crippen LogP contribution is -2.42. The van der Waals surface area contributed by atoms with E-state index in [0.29, 0.717) is 0 Å². The van der Waals surface area contributed by atoms with Crippen LogP contribution < -0.4 is 0 Å². The van der Waals surface area contributed by atoms with Crippen LogP contribution in [0.15, 0.2) is 24.3 Å². The first-order valence-corrected chi connectivity index (χ1v) is 9.47. The van der Waals surface area contributed by atoms with E-state index in [2.05, 4.69) is 45.7 Å². The summed E-state index contributed by atoms with van der Waals surface area (Å²) >= 11 is 0. The minimum atomic E-state index is 0.194. The molecule has 2 aromatic rings. The van der Waals surface area contributed by atoms with Gasteiger partial charge in [0, 0.05) is 68.8 Å². The van der Waals surface area contributed by atoms with Crippen LogP contribution in [0.3, 0.4) is 0 Å². The summed E-state index contributed by atoms with van der Waals surface area (Å²) < 4.78 is 7.74. The number of rotatable bonds is 4. The molecule has 4 rings (SSSR count). The number of aryl methyl sites for hydroxylation is 1. The molecule has 0 aliphatic carbocycles. The van der Waals surface area contributed by atoms with Crippen molar-refractivity contribution in [3.8, 4) is 0 Å². The number of hydrogen-bond donors (Lipinski definition) is 1. The van der Waals surface area contributed by atoms with Crippen LogP contribution in [0.25, 0.3) is 10.9 Å². The van der Waals surface area contributed by atoms with E-state index in [0.717, 1.165) is 58.9 Å². The van der Waals surface area contributed by atoms with Crippen LogP contribution >= 0.6 is 0 Å². The molecule has 0 amide bonds. The highest BCUT2D eigenvalue weighted by atomic mass is 16.5. The largest absolute Gasteiger partial charge is 0.396 e. The second-order valence-electron chi connectivity index (χ2n) is 7.32. The van der Waals surface area contributed by atoms with Crippen LogP contribution in [0.5, 0.6) is 0 Å². The molecule has 1 fully saturated rings. The van der Waals surface area contributed by atoms with Crippen molar-refractivity contribution < 1.29 is 9.84 Å². The molecular formula is C20H29N3O2. The molecule has 0 spiro atoms. The summed E-state index contributed by atoms with van der Waals surface area (Å²) in [6, 6.07) is 8.64. The predicted molar refractivity (Wildman–Crippen MR) is 100 cm³/mol. The van der Waals surface area contributed by atoms with Gasteiger partial charge in [-0.2, -0.15) is 0 Å². The van der Waals surface area contributed by atoms with Crippen molar-refractivity contribution in [3.63, 3.8) is 0 Å². The summed E-state index contributed by atoms with van der Waals surface area (Å²) in [4.78, 5) is 5.02. The maximum atomic E-state index is 10.1. The van der Waals surface area contributed by atoms with Gasteiger partial charge in [0.2, 0.25) is 0 Å². The summed E-state index contributed by atoms with van der Waals surface area (Å²) in [6.45, 7) is 8.20. The number of morpholine rings is 1. The lowest BCUT2D eigenvalue weighted by molar-refractivity contribution is 0.0329. The zero-order chi connectivity index (χ0) is 17.2. The maximum Gasteiger partial charge on any atom is 0.0594 e. The zero-order valence-corrected chi connectivity index (χ0v) is 15.2. The number of hydrogen-bond acceptors (Lipinski definition) is 4. The van der Waals surface area contributed by atoms with Gasteiger partial charge in [-0.05, 0) is 18.1 Å². The van der Waals surface area contributed by atoms with Gasteiger partial charge in [-0.15, -0.1) is 0 Å². The molecule has 1 atom stereocenters.